The van der Waals surface area contributed by atoms with Gasteiger partial charge in [-0.2, -0.15) is 13.5 Å². The lowest BCUT2D eigenvalue weighted by molar-refractivity contribution is 0.0522. The van der Waals surface area contributed by atoms with Crippen LogP contribution >= 0.6 is 0 Å². The number of carbonyl (C=O) groups excluding carboxylic acids is 1. The highest BCUT2D eigenvalue weighted by atomic mass is 32.2. The summed E-state index contributed by atoms with van der Waals surface area (Å²) in [4.78, 5) is 11.9. The number of hydrogen-bond donors (Lipinski definition) is 2. The van der Waals surface area contributed by atoms with E-state index in [9.17, 15) is 13.2 Å². The van der Waals surface area contributed by atoms with Crippen LogP contribution in [0.25, 0.3) is 0 Å². The molecule has 28 heavy (non-hydrogen) atoms. The monoisotopic (exact) mass is 401 g/mol. The first-order chi connectivity index (χ1) is 13.5. The van der Waals surface area contributed by atoms with Crippen molar-refractivity contribution >= 4 is 21.7 Å². The van der Waals surface area contributed by atoms with Crippen LogP contribution in [0.4, 0.5) is 5.69 Å². The number of nitrogens with zero attached hydrogens (tertiary/aromatic N) is 1. The molecular weight excluding hydrogens is 382 g/mol. The molecule has 2 aromatic carbocycles. The number of hydrogen-bond acceptors (Lipinski definition) is 6. The van der Waals surface area contributed by atoms with Gasteiger partial charge in [0.25, 0.3) is 10.0 Å². The topological polar surface area (TPSA) is 110 Å². The van der Waals surface area contributed by atoms with Crippen molar-refractivity contribution in [3.8, 4) is 5.75 Å². The predicted octanol–water partition coefficient (Wildman–Crippen LogP) is 2.97. The van der Waals surface area contributed by atoms with Crippen LogP contribution in [0.2, 0.25) is 0 Å². The second-order valence-corrected chi connectivity index (χ2v) is 7.36. The second kappa shape index (κ2) is 8.57. The van der Waals surface area contributed by atoms with Gasteiger partial charge in [0.1, 0.15) is 17.9 Å². The molecule has 0 fully saturated rings. The van der Waals surface area contributed by atoms with Gasteiger partial charge in [-0.25, -0.2) is 4.79 Å². The van der Waals surface area contributed by atoms with Gasteiger partial charge < -0.3 is 9.47 Å². The van der Waals surface area contributed by atoms with Crippen LogP contribution in [0.5, 0.6) is 5.75 Å². The number of benzene rings is 2. The van der Waals surface area contributed by atoms with E-state index in [1.807, 2.05) is 30.3 Å². The average Bonchev–Trinajstić information content (AvgIpc) is 3.19. The van der Waals surface area contributed by atoms with Crippen LogP contribution in [0, 0.1) is 0 Å². The number of rotatable bonds is 8. The first-order valence-electron chi connectivity index (χ1n) is 8.49. The minimum Gasteiger partial charge on any atom is -0.489 e. The summed E-state index contributed by atoms with van der Waals surface area (Å²) in [5, 5.41) is 5.61. The zero-order valence-corrected chi connectivity index (χ0v) is 15.9. The maximum Gasteiger partial charge on any atom is 0.342 e. The van der Waals surface area contributed by atoms with Gasteiger partial charge in [-0.15, -0.1) is 0 Å². The van der Waals surface area contributed by atoms with Gasteiger partial charge in [-0.3, -0.25) is 9.82 Å². The van der Waals surface area contributed by atoms with E-state index in [0.29, 0.717) is 18.0 Å². The normalized spacial score (nSPS) is 11.0. The molecule has 0 aliphatic rings. The molecule has 0 aliphatic carbocycles. The van der Waals surface area contributed by atoms with Crippen molar-refractivity contribution < 1.29 is 22.7 Å². The molecule has 146 valence electrons. The second-order valence-electron chi connectivity index (χ2n) is 5.74. The summed E-state index contributed by atoms with van der Waals surface area (Å²) in [7, 11) is -4.04. The summed E-state index contributed by atoms with van der Waals surface area (Å²) in [5.41, 5.74) is 1.19. The summed E-state index contributed by atoms with van der Waals surface area (Å²) in [6, 6.07) is 16.1. The van der Waals surface area contributed by atoms with E-state index in [1.54, 1.807) is 31.2 Å². The van der Waals surface area contributed by atoms with Gasteiger partial charge in [-0.05, 0) is 36.8 Å². The van der Waals surface area contributed by atoms with Crippen LogP contribution in [0.15, 0.2) is 65.8 Å². The number of ether oxygens (including phenoxy) is 2. The summed E-state index contributed by atoms with van der Waals surface area (Å²) in [6.07, 6.45) is 1.12. The summed E-state index contributed by atoms with van der Waals surface area (Å²) in [5.74, 6) is -0.165. The number of sulfonamides is 1. The SMILES string of the molecule is CCOC(=O)c1cn[nH]c1S(=O)(=O)Nc1ccc(OCc2ccccc2)cc1. The predicted molar refractivity (Wildman–Crippen MR) is 103 cm³/mol. The first-order valence-corrected chi connectivity index (χ1v) is 9.98. The van der Waals surface area contributed by atoms with E-state index in [1.165, 1.54) is 0 Å². The number of aromatic nitrogens is 2. The number of esters is 1. The molecule has 0 amide bonds. The van der Waals surface area contributed by atoms with E-state index in [-0.39, 0.29) is 17.2 Å². The molecule has 0 saturated carbocycles. The Hall–Kier alpha value is -3.33. The Morgan fingerprint density at radius 1 is 1.11 bits per heavy atom. The fraction of sp³-hybridized carbons (Fsp3) is 0.158. The van der Waals surface area contributed by atoms with Gasteiger partial charge in [0.05, 0.1) is 12.8 Å². The molecule has 1 aromatic heterocycles. The van der Waals surface area contributed by atoms with Crippen LogP contribution in [-0.2, 0) is 21.4 Å². The van der Waals surface area contributed by atoms with E-state index in [2.05, 4.69) is 14.9 Å². The molecule has 0 atom stereocenters. The molecule has 0 unspecified atom stereocenters. The molecule has 3 aromatic rings. The lowest BCUT2D eigenvalue weighted by Crippen LogP contribution is -2.17. The number of nitrogens with one attached hydrogen (secondary N) is 2. The highest BCUT2D eigenvalue weighted by Gasteiger charge is 2.26. The fourth-order valence-electron chi connectivity index (χ4n) is 2.40. The average molecular weight is 401 g/mol. The zero-order chi connectivity index (χ0) is 20.0. The number of aromatic amines is 1. The van der Waals surface area contributed by atoms with Crippen LogP contribution < -0.4 is 9.46 Å². The highest BCUT2D eigenvalue weighted by molar-refractivity contribution is 7.92. The van der Waals surface area contributed by atoms with E-state index in [0.717, 1.165) is 11.8 Å². The van der Waals surface area contributed by atoms with Crippen LogP contribution in [-0.4, -0.2) is 31.2 Å². The molecule has 9 heteroatoms. The van der Waals surface area contributed by atoms with Crippen molar-refractivity contribution in [1.29, 1.82) is 0 Å². The minimum atomic E-state index is -4.04. The van der Waals surface area contributed by atoms with Gasteiger partial charge in [0.15, 0.2) is 5.03 Å². The first kappa shape index (κ1) is 19.4. The van der Waals surface area contributed by atoms with Gasteiger partial charge >= 0.3 is 5.97 Å². The van der Waals surface area contributed by atoms with Crippen LogP contribution in [0.3, 0.4) is 0 Å². The number of carbonyl (C=O) groups is 1. The van der Waals surface area contributed by atoms with Gasteiger partial charge in [0.2, 0.25) is 0 Å². The number of H-pyrrole nitrogens is 1. The van der Waals surface area contributed by atoms with Gasteiger partial charge in [-0.1, -0.05) is 30.3 Å². The molecular formula is C19H19N3O5S. The van der Waals surface area contributed by atoms with E-state index < -0.39 is 16.0 Å². The lowest BCUT2D eigenvalue weighted by Gasteiger charge is -2.10. The molecule has 2 N–H and O–H groups in total. The quantitative estimate of drug-likeness (QED) is 0.562. The zero-order valence-electron chi connectivity index (χ0n) is 15.1. The third-order valence-corrected chi connectivity index (χ3v) is 5.08. The van der Waals surface area contributed by atoms with E-state index >= 15 is 0 Å². The maximum atomic E-state index is 12.6. The molecule has 0 aliphatic heterocycles. The highest BCUT2D eigenvalue weighted by Crippen LogP contribution is 2.21. The van der Waals surface area contributed by atoms with E-state index in [4.69, 9.17) is 9.47 Å². The molecule has 0 bridgehead atoms. The minimum absolute atomic E-state index is 0.126. The van der Waals surface area contributed by atoms with Crippen molar-refractivity contribution in [2.24, 2.45) is 0 Å². The molecule has 0 radical (unpaired) electrons. The lowest BCUT2D eigenvalue weighted by atomic mass is 10.2. The summed E-state index contributed by atoms with van der Waals surface area (Å²) in [6.45, 7) is 2.16. The summed E-state index contributed by atoms with van der Waals surface area (Å²) < 4.78 is 38.0. The Morgan fingerprint density at radius 2 is 1.82 bits per heavy atom. The fourth-order valence-corrected chi connectivity index (χ4v) is 3.55. The third kappa shape index (κ3) is 4.68. The Balaban J connectivity index is 1.68. The van der Waals surface area contributed by atoms with Crippen molar-refractivity contribution in [3.63, 3.8) is 0 Å². The Morgan fingerprint density at radius 3 is 2.50 bits per heavy atom. The Labute approximate surface area is 162 Å². The van der Waals surface area contributed by atoms with Crippen molar-refractivity contribution in [2.45, 2.75) is 18.6 Å². The maximum absolute atomic E-state index is 12.6. The summed E-state index contributed by atoms with van der Waals surface area (Å²) >= 11 is 0. The molecule has 0 saturated heterocycles. The van der Waals surface area contributed by atoms with Gasteiger partial charge in [0, 0.05) is 5.69 Å². The van der Waals surface area contributed by atoms with Crippen LogP contribution in [0.1, 0.15) is 22.8 Å². The van der Waals surface area contributed by atoms with Crippen molar-refractivity contribution in [2.75, 3.05) is 11.3 Å². The van der Waals surface area contributed by atoms with Crippen molar-refractivity contribution in [3.05, 3.63) is 71.9 Å². The smallest absolute Gasteiger partial charge is 0.342 e. The molecule has 0 spiro atoms. The Kier molecular flexibility index (Phi) is 5.95. The Bertz CT molecular complexity index is 1030. The molecule has 3 rings (SSSR count). The number of anilines is 1. The van der Waals surface area contributed by atoms with Crippen molar-refractivity contribution in [1.82, 2.24) is 10.2 Å². The standard InChI is InChI=1S/C19H19N3O5S/c1-2-26-19(23)17-12-20-21-18(17)28(24,25)22-15-8-10-16(11-9-15)27-13-14-6-4-3-5-7-14/h3-12,22H,2,13H2,1H3,(H,20,21). The molecule has 1 heterocycles. The molecule has 8 nitrogen and oxygen atoms in total. The largest absolute Gasteiger partial charge is 0.489 e. The third-order valence-electron chi connectivity index (χ3n) is 3.72.